The van der Waals surface area contributed by atoms with E-state index < -0.39 is 10.8 Å². The van der Waals surface area contributed by atoms with Gasteiger partial charge in [0.25, 0.3) is 0 Å². The summed E-state index contributed by atoms with van der Waals surface area (Å²) >= 11 is 12.2. The van der Waals surface area contributed by atoms with Crippen molar-refractivity contribution in [3.05, 3.63) is 29.0 Å². The third-order valence-corrected chi connectivity index (χ3v) is 4.20. The zero-order valence-electron chi connectivity index (χ0n) is 10.9. The van der Waals surface area contributed by atoms with Gasteiger partial charge in [0, 0.05) is 34.4 Å². The molecule has 0 aliphatic rings. The molecule has 2 unspecified atom stereocenters. The molecule has 0 aliphatic carbocycles. The molecule has 0 saturated heterocycles. The minimum absolute atomic E-state index is 0.168. The number of fused-ring (bicyclic) bond motifs is 1. The van der Waals surface area contributed by atoms with E-state index in [1.54, 1.807) is 6.26 Å². The zero-order valence-corrected chi connectivity index (χ0v) is 13.2. The van der Waals surface area contributed by atoms with Gasteiger partial charge in [-0.15, -0.1) is 11.6 Å². The second-order valence-corrected chi connectivity index (χ2v) is 7.15. The minimum Gasteiger partial charge on any atom is -0.327 e. The maximum absolute atomic E-state index is 11.1. The summed E-state index contributed by atoms with van der Waals surface area (Å²) < 4.78 is 13.2. The summed E-state index contributed by atoms with van der Waals surface area (Å²) in [6.45, 7) is 2.65. The quantitative estimate of drug-likeness (QED) is 0.787. The molecule has 0 amide bonds. The summed E-state index contributed by atoms with van der Waals surface area (Å²) in [6.07, 6.45) is 2.55. The van der Waals surface area contributed by atoms with Gasteiger partial charge in [0.1, 0.15) is 5.82 Å². The fraction of sp³-hybridized carbons (Fsp3) is 0.462. The molecule has 0 spiro atoms. The lowest BCUT2D eigenvalue weighted by molar-refractivity contribution is 0.646. The standard InChI is InChI=1S/C13H16Cl2N2OS/c1-9(14)13-16-11-5-4-10(15)8-12(11)17(13)6-3-7-19(2)18/h4-5,8-9H,3,6-7H2,1-2H3. The monoisotopic (exact) mass is 318 g/mol. The van der Waals surface area contributed by atoms with Crippen molar-refractivity contribution < 1.29 is 4.21 Å². The normalized spacial score (nSPS) is 14.7. The number of halogens is 2. The van der Waals surface area contributed by atoms with Crippen LogP contribution >= 0.6 is 23.2 Å². The van der Waals surface area contributed by atoms with Crippen LogP contribution in [-0.4, -0.2) is 25.8 Å². The predicted molar refractivity (Wildman–Crippen MR) is 82.6 cm³/mol. The molecular weight excluding hydrogens is 303 g/mol. The van der Waals surface area contributed by atoms with Crippen LogP contribution in [0.15, 0.2) is 18.2 Å². The molecule has 19 heavy (non-hydrogen) atoms. The third-order valence-electron chi connectivity index (χ3n) is 2.91. The van der Waals surface area contributed by atoms with E-state index in [1.165, 1.54) is 0 Å². The Morgan fingerprint density at radius 3 is 2.84 bits per heavy atom. The molecule has 104 valence electrons. The maximum atomic E-state index is 11.1. The van der Waals surface area contributed by atoms with Crippen molar-refractivity contribution in [3.8, 4) is 0 Å². The van der Waals surface area contributed by atoms with Crippen LogP contribution in [0.2, 0.25) is 5.02 Å². The van der Waals surface area contributed by atoms with E-state index in [1.807, 2.05) is 25.1 Å². The van der Waals surface area contributed by atoms with Crippen LogP contribution < -0.4 is 0 Å². The highest BCUT2D eigenvalue weighted by molar-refractivity contribution is 7.84. The fourth-order valence-electron chi connectivity index (χ4n) is 2.08. The number of benzene rings is 1. The van der Waals surface area contributed by atoms with E-state index in [0.29, 0.717) is 10.8 Å². The van der Waals surface area contributed by atoms with E-state index in [2.05, 4.69) is 9.55 Å². The van der Waals surface area contributed by atoms with E-state index in [-0.39, 0.29) is 5.38 Å². The number of nitrogens with zero attached hydrogens (tertiary/aromatic N) is 2. The van der Waals surface area contributed by atoms with Gasteiger partial charge in [0.15, 0.2) is 0 Å². The number of aromatic nitrogens is 2. The molecule has 6 heteroatoms. The van der Waals surface area contributed by atoms with Gasteiger partial charge in [-0.25, -0.2) is 4.98 Å². The number of hydrogen-bond donors (Lipinski definition) is 0. The first kappa shape index (κ1) is 14.8. The van der Waals surface area contributed by atoms with E-state index in [9.17, 15) is 4.21 Å². The Morgan fingerprint density at radius 1 is 1.47 bits per heavy atom. The van der Waals surface area contributed by atoms with Crippen LogP contribution in [0.5, 0.6) is 0 Å². The highest BCUT2D eigenvalue weighted by Crippen LogP contribution is 2.26. The van der Waals surface area contributed by atoms with Gasteiger partial charge in [-0.1, -0.05) is 11.6 Å². The number of imidazole rings is 1. The fourth-order valence-corrected chi connectivity index (χ4v) is 2.95. The molecule has 3 nitrogen and oxygen atoms in total. The molecule has 1 heterocycles. The van der Waals surface area contributed by atoms with E-state index >= 15 is 0 Å². The van der Waals surface area contributed by atoms with E-state index in [0.717, 1.165) is 29.8 Å². The summed E-state index contributed by atoms with van der Waals surface area (Å²) in [5.41, 5.74) is 1.88. The Balaban J connectivity index is 2.39. The molecule has 0 bridgehead atoms. The average Bonchev–Trinajstić information content (AvgIpc) is 2.67. The predicted octanol–water partition coefficient (Wildman–Crippen LogP) is 3.76. The molecular formula is C13H16Cl2N2OS. The molecule has 0 aliphatic heterocycles. The molecule has 2 aromatic rings. The first-order chi connectivity index (χ1) is 8.99. The molecule has 0 saturated carbocycles. The Kier molecular flexibility index (Phi) is 4.87. The van der Waals surface area contributed by atoms with Crippen molar-refractivity contribution in [2.75, 3.05) is 12.0 Å². The van der Waals surface area contributed by atoms with Gasteiger partial charge in [-0.2, -0.15) is 0 Å². The van der Waals surface area contributed by atoms with Crippen LogP contribution in [0, 0.1) is 0 Å². The third kappa shape index (κ3) is 3.50. The summed E-state index contributed by atoms with van der Waals surface area (Å²) in [4.78, 5) is 4.55. The number of alkyl halides is 1. The number of aryl methyl sites for hydroxylation is 1. The second kappa shape index (κ2) is 6.25. The highest BCUT2D eigenvalue weighted by Gasteiger charge is 2.15. The van der Waals surface area contributed by atoms with Crippen molar-refractivity contribution in [3.63, 3.8) is 0 Å². The van der Waals surface area contributed by atoms with E-state index in [4.69, 9.17) is 23.2 Å². The minimum atomic E-state index is -0.775. The SMILES string of the molecule is CC(Cl)c1nc2ccc(Cl)cc2n1CCCS(C)=O. The van der Waals surface area contributed by atoms with Crippen molar-refractivity contribution in [2.45, 2.75) is 25.3 Å². The smallest absolute Gasteiger partial charge is 0.127 e. The molecule has 1 aromatic carbocycles. The molecule has 0 N–H and O–H groups in total. The average molecular weight is 319 g/mol. The Hall–Kier alpha value is -0.580. The van der Waals surface area contributed by atoms with Crippen molar-refractivity contribution in [1.82, 2.24) is 9.55 Å². The molecule has 1 aromatic heterocycles. The number of hydrogen-bond acceptors (Lipinski definition) is 2. The van der Waals surface area contributed by atoms with Gasteiger partial charge in [-0.3, -0.25) is 4.21 Å². The lowest BCUT2D eigenvalue weighted by atomic mass is 10.3. The van der Waals surface area contributed by atoms with Gasteiger partial charge in [0.05, 0.1) is 16.4 Å². The second-order valence-electron chi connectivity index (χ2n) is 4.50. The topological polar surface area (TPSA) is 34.9 Å². The van der Waals surface area contributed by atoms with Crippen LogP contribution in [-0.2, 0) is 17.3 Å². The first-order valence-electron chi connectivity index (χ1n) is 6.09. The summed E-state index contributed by atoms with van der Waals surface area (Å²) in [5, 5.41) is 0.514. The zero-order chi connectivity index (χ0) is 14.0. The van der Waals surface area contributed by atoms with Crippen molar-refractivity contribution >= 4 is 45.0 Å². The van der Waals surface area contributed by atoms with Gasteiger partial charge in [-0.05, 0) is 31.5 Å². The van der Waals surface area contributed by atoms with Crippen LogP contribution in [0.4, 0.5) is 0 Å². The Bertz CT molecular complexity index is 610. The molecule has 0 fully saturated rings. The lowest BCUT2D eigenvalue weighted by Crippen LogP contribution is -2.07. The maximum Gasteiger partial charge on any atom is 0.127 e. The summed E-state index contributed by atoms with van der Waals surface area (Å²) in [5.74, 6) is 1.51. The lowest BCUT2D eigenvalue weighted by Gasteiger charge is -2.10. The Labute approximate surface area is 125 Å². The van der Waals surface area contributed by atoms with Crippen LogP contribution in [0.25, 0.3) is 11.0 Å². The molecule has 2 atom stereocenters. The number of rotatable bonds is 5. The molecule has 0 radical (unpaired) electrons. The first-order valence-corrected chi connectivity index (χ1v) is 8.63. The summed E-state index contributed by atoms with van der Waals surface area (Å²) in [7, 11) is -0.775. The van der Waals surface area contributed by atoms with Gasteiger partial charge >= 0.3 is 0 Å². The summed E-state index contributed by atoms with van der Waals surface area (Å²) in [6, 6.07) is 5.62. The van der Waals surface area contributed by atoms with Crippen LogP contribution in [0.1, 0.15) is 24.5 Å². The Morgan fingerprint density at radius 2 is 2.21 bits per heavy atom. The largest absolute Gasteiger partial charge is 0.327 e. The van der Waals surface area contributed by atoms with Gasteiger partial charge in [0.2, 0.25) is 0 Å². The van der Waals surface area contributed by atoms with Crippen molar-refractivity contribution in [2.24, 2.45) is 0 Å². The van der Waals surface area contributed by atoms with Gasteiger partial charge < -0.3 is 4.57 Å². The van der Waals surface area contributed by atoms with Crippen LogP contribution in [0.3, 0.4) is 0 Å². The highest BCUT2D eigenvalue weighted by atomic mass is 35.5. The van der Waals surface area contributed by atoms with Crippen molar-refractivity contribution in [1.29, 1.82) is 0 Å². The molecule has 2 rings (SSSR count).